The molecule has 1 fully saturated rings. The van der Waals surface area contributed by atoms with Gasteiger partial charge in [0.25, 0.3) is 0 Å². The number of hydrogen-bond acceptors (Lipinski definition) is 2. The Kier molecular flexibility index (Phi) is 4.16. The van der Waals surface area contributed by atoms with Crippen LogP contribution in [-0.2, 0) is 6.54 Å². The molecule has 0 unspecified atom stereocenters. The first-order chi connectivity index (χ1) is 5.84. The molecule has 0 aliphatic heterocycles. The lowest BCUT2D eigenvalue weighted by molar-refractivity contribution is 0.685. The zero-order valence-electron chi connectivity index (χ0n) is 7.16. The van der Waals surface area contributed by atoms with Gasteiger partial charge in [-0.3, -0.25) is 0 Å². The number of aromatic nitrogens is 1. The average Bonchev–Trinajstić information content (AvgIpc) is 2.87. The zero-order valence-corrected chi connectivity index (χ0v) is 9.57. The van der Waals surface area contributed by atoms with Crippen molar-refractivity contribution < 1.29 is 0 Å². The van der Waals surface area contributed by atoms with Crippen molar-refractivity contribution in [1.82, 2.24) is 10.3 Å². The van der Waals surface area contributed by atoms with Crippen LogP contribution in [0.1, 0.15) is 18.4 Å². The smallest absolute Gasteiger partial charge is 0.106 e. The minimum absolute atomic E-state index is 0. The third kappa shape index (κ3) is 3.63. The molecule has 72 valence electrons. The van der Waals surface area contributed by atoms with Gasteiger partial charge >= 0.3 is 0 Å². The van der Waals surface area contributed by atoms with Gasteiger partial charge in [0.1, 0.15) is 4.60 Å². The van der Waals surface area contributed by atoms with E-state index in [1.807, 2.05) is 12.3 Å². The van der Waals surface area contributed by atoms with Crippen molar-refractivity contribution in [3.05, 3.63) is 28.5 Å². The molecule has 13 heavy (non-hydrogen) atoms. The van der Waals surface area contributed by atoms with Gasteiger partial charge in [0.2, 0.25) is 0 Å². The number of hydrogen-bond donors (Lipinski definition) is 1. The fourth-order valence-corrected chi connectivity index (χ4v) is 1.30. The molecule has 1 heterocycles. The van der Waals surface area contributed by atoms with Gasteiger partial charge in [-0.05, 0) is 40.4 Å². The highest BCUT2D eigenvalue weighted by atomic mass is 79.9. The average molecular weight is 264 g/mol. The number of nitrogens with one attached hydrogen (secondary N) is 1. The summed E-state index contributed by atoms with van der Waals surface area (Å²) in [5.41, 5.74) is 1.25. The summed E-state index contributed by atoms with van der Waals surface area (Å²) in [6.07, 6.45) is 4.58. The van der Waals surface area contributed by atoms with Crippen molar-refractivity contribution >= 4 is 28.3 Å². The highest BCUT2D eigenvalue weighted by Crippen LogP contribution is 2.19. The first kappa shape index (κ1) is 11.0. The van der Waals surface area contributed by atoms with Gasteiger partial charge < -0.3 is 5.32 Å². The molecular weight excluding hydrogens is 251 g/mol. The summed E-state index contributed by atoms with van der Waals surface area (Å²) in [6.45, 7) is 0.949. The van der Waals surface area contributed by atoms with Crippen molar-refractivity contribution in [2.45, 2.75) is 25.4 Å². The molecule has 0 radical (unpaired) electrons. The van der Waals surface area contributed by atoms with Gasteiger partial charge in [-0.2, -0.15) is 0 Å². The summed E-state index contributed by atoms with van der Waals surface area (Å²) in [7, 11) is 0. The van der Waals surface area contributed by atoms with Crippen molar-refractivity contribution in [3.63, 3.8) is 0 Å². The molecule has 4 heteroatoms. The van der Waals surface area contributed by atoms with E-state index in [1.54, 1.807) is 0 Å². The zero-order chi connectivity index (χ0) is 8.39. The Morgan fingerprint density at radius 3 is 2.77 bits per heavy atom. The van der Waals surface area contributed by atoms with Crippen molar-refractivity contribution in [3.8, 4) is 0 Å². The Labute approximate surface area is 92.7 Å². The van der Waals surface area contributed by atoms with Crippen LogP contribution in [-0.4, -0.2) is 11.0 Å². The van der Waals surface area contributed by atoms with Crippen LogP contribution in [0.25, 0.3) is 0 Å². The van der Waals surface area contributed by atoms with E-state index >= 15 is 0 Å². The summed E-state index contributed by atoms with van der Waals surface area (Å²) >= 11 is 3.31. The van der Waals surface area contributed by atoms with E-state index in [9.17, 15) is 0 Å². The molecule has 1 aliphatic rings. The maximum atomic E-state index is 4.15. The molecule has 1 aromatic rings. The molecule has 1 N–H and O–H groups in total. The Morgan fingerprint density at radius 2 is 2.23 bits per heavy atom. The lowest BCUT2D eigenvalue weighted by atomic mass is 10.3. The second-order valence-corrected chi connectivity index (χ2v) is 3.96. The minimum Gasteiger partial charge on any atom is -0.310 e. The third-order valence-electron chi connectivity index (χ3n) is 1.96. The third-order valence-corrected chi connectivity index (χ3v) is 2.43. The van der Waals surface area contributed by atoms with E-state index < -0.39 is 0 Å². The molecular formula is C9H12BrClN2. The van der Waals surface area contributed by atoms with E-state index in [4.69, 9.17) is 0 Å². The van der Waals surface area contributed by atoms with Gasteiger partial charge in [-0.1, -0.05) is 6.07 Å². The van der Waals surface area contributed by atoms with Crippen LogP contribution in [0.2, 0.25) is 0 Å². The van der Waals surface area contributed by atoms with Crippen LogP contribution in [0.3, 0.4) is 0 Å². The fourth-order valence-electron chi connectivity index (χ4n) is 1.06. The molecule has 0 bridgehead atoms. The summed E-state index contributed by atoms with van der Waals surface area (Å²) in [5.74, 6) is 0. The van der Waals surface area contributed by atoms with Crippen LogP contribution in [0.5, 0.6) is 0 Å². The second-order valence-electron chi connectivity index (χ2n) is 3.14. The fraction of sp³-hybridized carbons (Fsp3) is 0.444. The Morgan fingerprint density at radius 1 is 1.46 bits per heavy atom. The quantitative estimate of drug-likeness (QED) is 0.848. The van der Waals surface area contributed by atoms with Gasteiger partial charge in [0.15, 0.2) is 0 Å². The Balaban J connectivity index is 0.000000845. The highest BCUT2D eigenvalue weighted by Gasteiger charge is 2.19. The van der Waals surface area contributed by atoms with E-state index in [0.717, 1.165) is 17.2 Å². The number of rotatable bonds is 3. The standard InChI is InChI=1S/C9H11BrN2.ClH/c10-9-4-1-7(6-12-9)5-11-8-2-3-8;/h1,4,6,8,11H,2-3,5H2;1H. The first-order valence-electron chi connectivity index (χ1n) is 4.18. The number of pyridine rings is 1. The van der Waals surface area contributed by atoms with Crippen LogP contribution in [0.4, 0.5) is 0 Å². The predicted octanol–water partition coefficient (Wildman–Crippen LogP) is 2.52. The van der Waals surface area contributed by atoms with E-state index in [-0.39, 0.29) is 12.4 Å². The predicted molar refractivity (Wildman–Crippen MR) is 59.0 cm³/mol. The Bertz CT molecular complexity index is 259. The molecule has 2 nitrogen and oxygen atoms in total. The molecule has 1 aliphatic carbocycles. The van der Waals surface area contributed by atoms with Crippen LogP contribution < -0.4 is 5.32 Å². The molecule has 0 amide bonds. The monoisotopic (exact) mass is 262 g/mol. The van der Waals surface area contributed by atoms with E-state index in [0.29, 0.717) is 0 Å². The molecule has 1 saturated carbocycles. The highest BCUT2D eigenvalue weighted by molar-refractivity contribution is 9.10. The lowest BCUT2D eigenvalue weighted by Gasteiger charge is -2.01. The maximum absolute atomic E-state index is 4.15. The molecule has 2 rings (SSSR count). The summed E-state index contributed by atoms with van der Waals surface area (Å²) in [5, 5.41) is 3.44. The second kappa shape index (κ2) is 4.94. The SMILES string of the molecule is Brc1ccc(CNC2CC2)cn1.Cl. The van der Waals surface area contributed by atoms with Gasteiger partial charge in [-0.15, -0.1) is 12.4 Å². The first-order valence-corrected chi connectivity index (χ1v) is 4.98. The van der Waals surface area contributed by atoms with E-state index in [2.05, 4.69) is 32.3 Å². The van der Waals surface area contributed by atoms with Gasteiger partial charge in [-0.25, -0.2) is 4.98 Å². The number of nitrogens with zero attached hydrogens (tertiary/aromatic N) is 1. The lowest BCUT2D eigenvalue weighted by Crippen LogP contribution is -2.15. The van der Waals surface area contributed by atoms with Crippen molar-refractivity contribution in [2.24, 2.45) is 0 Å². The summed E-state index contributed by atoms with van der Waals surface area (Å²) in [6, 6.07) is 4.84. The molecule has 1 aromatic heterocycles. The molecule has 0 aromatic carbocycles. The topological polar surface area (TPSA) is 24.9 Å². The summed E-state index contributed by atoms with van der Waals surface area (Å²) in [4.78, 5) is 4.15. The summed E-state index contributed by atoms with van der Waals surface area (Å²) < 4.78 is 0.901. The Hall–Kier alpha value is -0.120. The van der Waals surface area contributed by atoms with Crippen molar-refractivity contribution in [1.29, 1.82) is 0 Å². The maximum Gasteiger partial charge on any atom is 0.106 e. The minimum atomic E-state index is 0. The van der Waals surface area contributed by atoms with Crippen LogP contribution >= 0.6 is 28.3 Å². The van der Waals surface area contributed by atoms with Gasteiger partial charge in [0, 0.05) is 18.8 Å². The van der Waals surface area contributed by atoms with E-state index in [1.165, 1.54) is 18.4 Å². The molecule has 0 spiro atoms. The number of halogens is 2. The van der Waals surface area contributed by atoms with Gasteiger partial charge in [0.05, 0.1) is 0 Å². The largest absolute Gasteiger partial charge is 0.310 e. The normalized spacial score (nSPS) is 15.2. The molecule has 0 atom stereocenters. The van der Waals surface area contributed by atoms with Crippen molar-refractivity contribution in [2.75, 3.05) is 0 Å². The van der Waals surface area contributed by atoms with Crippen LogP contribution in [0.15, 0.2) is 22.9 Å². The van der Waals surface area contributed by atoms with Crippen LogP contribution in [0, 0.1) is 0 Å². The molecule has 0 saturated heterocycles.